The standard InChI is InChI=1S/C20H26ClN5/c1-14-9-11-26(12-15-6-4-3-5-7-15)13-17(14)25(2)19-16-8-10-22-18(16)23-20(21)24-19/h3-8,10,14,16-18,22H,9,11-13H2,1-2H3/t14-,16?,17+,18?/m1/s1. The Labute approximate surface area is 160 Å². The Balaban J connectivity index is 1.50. The van der Waals surface area contributed by atoms with Crippen LogP contribution < -0.4 is 5.32 Å². The van der Waals surface area contributed by atoms with Crippen LogP contribution in [-0.2, 0) is 6.54 Å². The Morgan fingerprint density at radius 1 is 1.31 bits per heavy atom. The lowest BCUT2D eigenvalue weighted by Crippen LogP contribution is -2.55. The fourth-order valence-electron chi connectivity index (χ4n) is 4.21. The van der Waals surface area contributed by atoms with Crippen LogP contribution in [0.4, 0.5) is 0 Å². The number of rotatable bonds is 3. The zero-order chi connectivity index (χ0) is 18.1. The second kappa shape index (κ2) is 7.41. The van der Waals surface area contributed by atoms with Crippen molar-refractivity contribution in [3.05, 3.63) is 48.2 Å². The fraction of sp³-hybridized carbons (Fsp3) is 0.500. The predicted octanol–water partition coefficient (Wildman–Crippen LogP) is 2.89. The molecule has 3 aliphatic rings. The first-order valence-electron chi connectivity index (χ1n) is 9.35. The minimum Gasteiger partial charge on any atom is -0.369 e. The van der Waals surface area contributed by atoms with Crippen molar-refractivity contribution in [1.82, 2.24) is 15.1 Å². The first-order chi connectivity index (χ1) is 12.6. The summed E-state index contributed by atoms with van der Waals surface area (Å²) in [7, 11) is 2.16. The highest BCUT2D eigenvalue weighted by Gasteiger charge is 2.37. The third-order valence-electron chi connectivity index (χ3n) is 5.77. The normalized spacial score (nSPS) is 31.0. The van der Waals surface area contributed by atoms with E-state index in [0.717, 1.165) is 25.5 Å². The molecular formula is C20H26ClN5. The Morgan fingerprint density at radius 3 is 2.92 bits per heavy atom. The molecule has 2 unspecified atom stereocenters. The molecule has 1 N–H and O–H groups in total. The van der Waals surface area contributed by atoms with Crippen molar-refractivity contribution >= 4 is 22.7 Å². The molecule has 3 aliphatic heterocycles. The summed E-state index contributed by atoms with van der Waals surface area (Å²) >= 11 is 6.19. The number of halogens is 1. The largest absolute Gasteiger partial charge is 0.369 e. The molecule has 0 saturated carbocycles. The third-order valence-corrected chi connectivity index (χ3v) is 5.95. The molecule has 0 spiro atoms. The maximum absolute atomic E-state index is 6.19. The van der Waals surface area contributed by atoms with E-state index in [4.69, 9.17) is 11.6 Å². The van der Waals surface area contributed by atoms with Gasteiger partial charge in [0.05, 0.1) is 5.92 Å². The minimum absolute atomic E-state index is 0.0169. The van der Waals surface area contributed by atoms with Gasteiger partial charge in [-0.1, -0.05) is 43.3 Å². The molecule has 0 aliphatic carbocycles. The highest BCUT2D eigenvalue weighted by Crippen LogP contribution is 2.28. The fourth-order valence-corrected chi connectivity index (χ4v) is 4.40. The summed E-state index contributed by atoms with van der Waals surface area (Å²) in [6.07, 6.45) is 5.28. The summed E-state index contributed by atoms with van der Waals surface area (Å²) in [5.74, 6) is 1.80. The van der Waals surface area contributed by atoms with E-state index in [1.807, 2.05) is 6.20 Å². The van der Waals surface area contributed by atoms with E-state index in [1.165, 1.54) is 12.0 Å². The molecule has 5 nitrogen and oxygen atoms in total. The highest BCUT2D eigenvalue weighted by molar-refractivity contribution is 6.65. The number of likely N-dealkylation sites (tertiary alicyclic amines) is 1. The Kier molecular flexibility index (Phi) is 5.00. The number of hydrogen-bond donors (Lipinski definition) is 1. The number of amidine groups is 2. The summed E-state index contributed by atoms with van der Waals surface area (Å²) in [6, 6.07) is 11.1. The number of nitrogens with zero attached hydrogens (tertiary/aromatic N) is 4. The lowest BCUT2D eigenvalue weighted by molar-refractivity contribution is 0.103. The van der Waals surface area contributed by atoms with Gasteiger partial charge in [-0.2, -0.15) is 0 Å². The van der Waals surface area contributed by atoms with E-state index < -0.39 is 0 Å². The number of benzene rings is 1. The van der Waals surface area contributed by atoms with E-state index in [0.29, 0.717) is 17.3 Å². The minimum atomic E-state index is -0.0169. The van der Waals surface area contributed by atoms with Gasteiger partial charge in [0, 0.05) is 26.2 Å². The monoisotopic (exact) mass is 371 g/mol. The first kappa shape index (κ1) is 17.6. The van der Waals surface area contributed by atoms with Crippen LogP contribution in [0.25, 0.3) is 0 Å². The lowest BCUT2D eigenvalue weighted by Gasteiger charge is -2.44. The molecule has 4 rings (SSSR count). The molecule has 4 atom stereocenters. The molecule has 1 saturated heterocycles. The highest BCUT2D eigenvalue weighted by atomic mass is 35.5. The molecular weight excluding hydrogens is 346 g/mol. The number of likely N-dealkylation sites (N-methyl/N-ethyl adjacent to an activating group) is 1. The third kappa shape index (κ3) is 3.51. The first-order valence-corrected chi connectivity index (χ1v) is 9.73. The maximum Gasteiger partial charge on any atom is 0.221 e. The zero-order valence-electron chi connectivity index (χ0n) is 15.3. The van der Waals surface area contributed by atoms with Crippen LogP contribution in [-0.4, -0.2) is 53.3 Å². The number of hydrogen-bond acceptors (Lipinski definition) is 5. The average molecular weight is 372 g/mol. The topological polar surface area (TPSA) is 43.2 Å². The Hall–Kier alpha value is -1.85. The van der Waals surface area contributed by atoms with Gasteiger partial charge in [0.25, 0.3) is 0 Å². The van der Waals surface area contributed by atoms with Crippen molar-refractivity contribution in [2.45, 2.75) is 32.1 Å². The van der Waals surface area contributed by atoms with Gasteiger partial charge < -0.3 is 10.2 Å². The second-order valence-electron chi connectivity index (χ2n) is 7.53. The van der Waals surface area contributed by atoms with Gasteiger partial charge in [-0.05, 0) is 42.2 Å². The zero-order valence-corrected chi connectivity index (χ0v) is 16.1. The summed E-state index contributed by atoms with van der Waals surface area (Å²) in [5, 5.41) is 3.60. The van der Waals surface area contributed by atoms with Gasteiger partial charge in [0.2, 0.25) is 5.29 Å². The van der Waals surface area contributed by atoms with Crippen molar-refractivity contribution in [2.24, 2.45) is 21.8 Å². The van der Waals surface area contributed by atoms with E-state index >= 15 is 0 Å². The van der Waals surface area contributed by atoms with E-state index in [9.17, 15) is 0 Å². The molecule has 0 amide bonds. The summed E-state index contributed by atoms with van der Waals surface area (Å²) in [6.45, 7) is 5.53. The molecule has 0 aromatic heterocycles. The molecule has 1 aromatic rings. The molecule has 1 fully saturated rings. The average Bonchev–Trinajstić information content (AvgIpc) is 3.11. The van der Waals surface area contributed by atoms with Crippen LogP contribution in [0.1, 0.15) is 18.9 Å². The van der Waals surface area contributed by atoms with Crippen molar-refractivity contribution in [3.63, 3.8) is 0 Å². The van der Waals surface area contributed by atoms with Crippen LogP contribution in [0.15, 0.2) is 52.6 Å². The summed E-state index contributed by atoms with van der Waals surface area (Å²) < 4.78 is 0. The van der Waals surface area contributed by atoms with E-state index in [2.05, 4.69) is 75.5 Å². The van der Waals surface area contributed by atoms with Gasteiger partial charge >= 0.3 is 0 Å². The van der Waals surface area contributed by atoms with Crippen LogP contribution in [0.5, 0.6) is 0 Å². The van der Waals surface area contributed by atoms with Gasteiger partial charge in [-0.25, -0.2) is 9.98 Å². The number of nitrogens with one attached hydrogen (secondary N) is 1. The van der Waals surface area contributed by atoms with Crippen molar-refractivity contribution in [3.8, 4) is 0 Å². The van der Waals surface area contributed by atoms with Crippen LogP contribution >= 0.6 is 11.6 Å². The van der Waals surface area contributed by atoms with Gasteiger partial charge in [-0.15, -0.1) is 0 Å². The Morgan fingerprint density at radius 2 is 2.12 bits per heavy atom. The summed E-state index contributed by atoms with van der Waals surface area (Å²) in [5.41, 5.74) is 1.37. The van der Waals surface area contributed by atoms with Crippen molar-refractivity contribution in [2.75, 3.05) is 20.1 Å². The van der Waals surface area contributed by atoms with Crippen LogP contribution in [0.3, 0.4) is 0 Å². The number of fused-ring (bicyclic) bond motifs is 1. The van der Waals surface area contributed by atoms with Gasteiger partial charge in [0.15, 0.2) is 0 Å². The molecule has 6 heteroatoms. The summed E-state index contributed by atoms with van der Waals surface area (Å²) in [4.78, 5) is 13.9. The van der Waals surface area contributed by atoms with Gasteiger partial charge in [0.1, 0.15) is 12.0 Å². The molecule has 1 aromatic carbocycles. The maximum atomic E-state index is 6.19. The number of piperidine rings is 1. The van der Waals surface area contributed by atoms with E-state index in [-0.39, 0.29) is 12.1 Å². The molecule has 0 bridgehead atoms. The smallest absolute Gasteiger partial charge is 0.221 e. The van der Waals surface area contributed by atoms with Gasteiger partial charge in [-0.3, -0.25) is 4.90 Å². The molecule has 26 heavy (non-hydrogen) atoms. The van der Waals surface area contributed by atoms with Crippen molar-refractivity contribution in [1.29, 1.82) is 0 Å². The SMILES string of the molecule is C[C@@H]1CCN(Cc2ccccc2)C[C@@H]1N(C)C1=NC(Cl)=NC2NC=CC12. The lowest BCUT2D eigenvalue weighted by atomic mass is 9.90. The van der Waals surface area contributed by atoms with Crippen LogP contribution in [0.2, 0.25) is 0 Å². The van der Waals surface area contributed by atoms with E-state index in [1.54, 1.807) is 0 Å². The van der Waals surface area contributed by atoms with Crippen molar-refractivity contribution < 1.29 is 0 Å². The molecule has 0 radical (unpaired) electrons. The quantitative estimate of drug-likeness (QED) is 0.831. The second-order valence-corrected chi connectivity index (χ2v) is 7.87. The molecule has 138 valence electrons. The van der Waals surface area contributed by atoms with Crippen LogP contribution in [0, 0.1) is 11.8 Å². The predicted molar refractivity (Wildman–Crippen MR) is 107 cm³/mol. The number of aliphatic imine (C=N–C) groups is 2. The molecule has 3 heterocycles. The Bertz CT molecular complexity index is 729.